The summed E-state index contributed by atoms with van der Waals surface area (Å²) in [4.78, 5) is 14.7. The molecule has 7 nitrogen and oxygen atoms in total. The van der Waals surface area contributed by atoms with Crippen LogP contribution in [0, 0.1) is 5.92 Å². The highest BCUT2D eigenvalue weighted by Crippen LogP contribution is 2.38. The number of rotatable bonds is 5. The van der Waals surface area contributed by atoms with Crippen LogP contribution in [0.15, 0.2) is 36.4 Å². The number of benzene rings is 1. The lowest BCUT2D eigenvalue weighted by Gasteiger charge is -2.31. The number of amides is 1. The molecule has 1 aliphatic heterocycles. The molecule has 2 aliphatic rings. The molecule has 2 aromatic heterocycles. The van der Waals surface area contributed by atoms with Crippen LogP contribution in [0.4, 0.5) is 0 Å². The topological polar surface area (TPSA) is 84.0 Å². The minimum absolute atomic E-state index is 0.00153. The molecule has 1 amide bonds. The number of aromatic amines is 1. The van der Waals surface area contributed by atoms with Crippen molar-refractivity contribution < 1.29 is 9.53 Å². The number of fused-ring (bicyclic) bond motifs is 1. The van der Waals surface area contributed by atoms with Crippen molar-refractivity contribution in [1.29, 1.82) is 0 Å². The van der Waals surface area contributed by atoms with E-state index in [9.17, 15) is 4.79 Å². The van der Waals surface area contributed by atoms with Gasteiger partial charge in [-0.05, 0) is 43.7 Å². The number of hydrogen-bond acceptors (Lipinski definition) is 5. The van der Waals surface area contributed by atoms with Crippen molar-refractivity contribution in [2.24, 2.45) is 5.92 Å². The van der Waals surface area contributed by atoms with E-state index < -0.39 is 0 Å². The fourth-order valence-electron chi connectivity index (χ4n) is 3.79. The first-order valence-corrected chi connectivity index (χ1v) is 9.97. The van der Waals surface area contributed by atoms with Gasteiger partial charge in [-0.25, -0.2) is 0 Å². The fraction of sp³-hybridized carbons (Fsp3) is 0.429. The van der Waals surface area contributed by atoms with E-state index in [4.69, 9.17) is 4.74 Å². The molecule has 0 atom stereocenters. The van der Waals surface area contributed by atoms with Crippen molar-refractivity contribution in [3.63, 3.8) is 0 Å². The Morgan fingerprint density at radius 3 is 2.64 bits per heavy atom. The smallest absolute Gasteiger partial charge is 0.274 e. The second-order valence-corrected chi connectivity index (χ2v) is 7.74. The summed E-state index contributed by atoms with van der Waals surface area (Å²) in [7, 11) is 0. The summed E-state index contributed by atoms with van der Waals surface area (Å²) < 4.78 is 5.83. The van der Waals surface area contributed by atoms with Crippen molar-refractivity contribution in [3.8, 4) is 5.88 Å². The van der Waals surface area contributed by atoms with Gasteiger partial charge in [0, 0.05) is 30.5 Å². The average Bonchev–Trinajstić information content (AvgIpc) is 3.51. The fourth-order valence-corrected chi connectivity index (χ4v) is 3.79. The largest absolute Gasteiger partial charge is 0.476 e. The van der Waals surface area contributed by atoms with Crippen molar-refractivity contribution >= 4 is 16.8 Å². The lowest BCUT2D eigenvalue weighted by atomic mass is 9.97. The van der Waals surface area contributed by atoms with E-state index in [1.54, 1.807) is 0 Å². The summed E-state index contributed by atoms with van der Waals surface area (Å²) in [6, 6.07) is 11.7. The van der Waals surface area contributed by atoms with Gasteiger partial charge < -0.3 is 9.64 Å². The minimum atomic E-state index is -0.00153. The zero-order valence-corrected chi connectivity index (χ0v) is 15.7. The summed E-state index contributed by atoms with van der Waals surface area (Å²) >= 11 is 0. The van der Waals surface area contributed by atoms with Crippen molar-refractivity contribution in [1.82, 2.24) is 25.3 Å². The molecule has 1 saturated heterocycles. The number of hydrogen-bond donors (Lipinski definition) is 1. The molecule has 1 aliphatic carbocycles. The Bertz CT molecular complexity index is 972. The van der Waals surface area contributed by atoms with Crippen LogP contribution < -0.4 is 4.74 Å². The number of ether oxygens (including phenoxy) is 1. The molecule has 144 valence electrons. The van der Waals surface area contributed by atoms with Gasteiger partial charge in [-0.15, -0.1) is 5.10 Å². The predicted octanol–water partition coefficient (Wildman–Crippen LogP) is 3.16. The van der Waals surface area contributed by atoms with Crippen LogP contribution >= 0.6 is 0 Å². The summed E-state index contributed by atoms with van der Waals surface area (Å²) in [5, 5.41) is 16.5. The van der Waals surface area contributed by atoms with Crippen LogP contribution in [0.2, 0.25) is 0 Å². The Hall–Kier alpha value is -2.96. The lowest BCUT2D eigenvalue weighted by molar-refractivity contribution is 0.0655. The number of carbonyl (C=O) groups excluding carboxylic acids is 1. The van der Waals surface area contributed by atoms with Gasteiger partial charge in [-0.2, -0.15) is 10.2 Å². The SMILES string of the molecule is O=C(c1n[nH]c2ccccc12)N1CCC(COc2ccc(C3CC3)nn2)CC1. The predicted molar refractivity (Wildman–Crippen MR) is 104 cm³/mol. The number of para-hydroxylation sites is 1. The molecule has 1 aromatic carbocycles. The van der Waals surface area contributed by atoms with Gasteiger partial charge in [0.25, 0.3) is 5.91 Å². The normalized spacial score (nSPS) is 17.8. The molecule has 7 heteroatoms. The average molecular weight is 377 g/mol. The third-order valence-corrected chi connectivity index (χ3v) is 5.70. The van der Waals surface area contributed by atoms with Crippen LogP contribution in [-0.4, -0.2) is 50.9 Å². The number of nitrogens with one attached hydrogen (secondary N) is 1. The van der Waals surface area contributed by atoms with E-state index in [0.29, 0.717) is 30.0 Å². The van der Waals surface area contributed by atoms with Crippen LogP contribution in [0.3, 0.4) is 0 Å². The second kappa shape index (κ2) is 7.22. The molecule has 0 unspecified atom stereocenters. The number of piperidine rings is 1. The Kier molecular flexibility index (Phi) is 4.43. The maximum atomic E-state index is 12.8. The van der Waals surface area contributed by atoms with Crippen LogP contribution in [0.25, 0.3) is 10.9 Å². The molecule has 1 N–H and O–H groups in total. The third-order valence-electron chi connectivity index (χ3n) is 5.70. The molecular weight excluding hydrogens is 354 g/mol. The Morgan fingerprint density at radius 2 is 1.89 bits per heavy atom. The van der Waals surface area contributed by atoms with Gasteiger partial charge >= 0.3 is 0 Å². The Balaban J connectivity index is 1.14. The molecule has 0 radical (unpaired) electrons. The first kappa shape index (κ1) is 17.2. The van der Waals surface area contributed by atoms with Gasteiger partial charge in [0.1, 0.15) is 0 Å². The summed E-state index contributed by atoms with van der Waals surface area (Å²) in [5.41, 5.74) is 2.48. The second-order valence-electron chi connectivity index (χ2n) is 7.74. The number of likely N-dealkylation sites (tertiary alicyclic amines) is 1. The first-order chi connectivity index (χ1) is 13.8. The molecule has 28 heavy (non-hydrogen) atoms. The Morgan fingerprint density at radius 1 is 1.07 bits per heavy atom. The van der Waals surface area contributed by atoms with Crippen LogP contribution in [0.1, 0.15) is 47.8 Å². The number of H-pyrrole nitrogens is 1. The van der Waals surface area contributed by atoms with Gasteiger partial charge in [-0.1, -0.05) is 18.2 Å². The van der Waals surface area contributed by atoms with E-state index in [0.717, 1.165) is 42.5 Å². The number of aromatic nitrogens is 4. The van der Waals surface area contributed by atoms with E-state index >= 15 is 0 Å². The maximum Gasteiger partial charge on any atom is 0.274 e. The van der Waals surface area contributed by atoms with Crippen LogP contribution in [0.5, 0.6) is 5.88 Å². The van der Waals surface area contributed by atoms with Gasteiger partial charge in [0.2, 0.25) is 5.88 Å². The van der Waals surface area contributed by atoms with Gasteiger partial charge in [0.15, 0.2) is 5.69 Å². The van der Waals surface area contributed by atoms with Crippen molar-refractivity contribution in [3.05, 3.63) is 47.8 Å². The minimum Gasteiger partial charge on any atom is -0.476 e. The van der Waals surface area contributed by atoms with E-state index in [-0.39, 0.29) is 5.91 Å². The zero-order valence-electron chi connectivity index (χ0n) is 15.7. The van der Waals surface area contributed by atoms with Gasteiger partial charge in [-0.3, -0.25) is 9.89 Å². The molecule has 3 aromatic rings. The van der Waals surface area contributed by atoms with Crippen molar-refractivity contribution in [2.45, 2.75) is 31.6 Å². The summed E-state index contributed by atoms with van der Waals surface area (Å²) in [6.45, 7) is 2.06. The van der Waals surface area contributed by atoms with Gasteiger partial charge in [0.05, 0.1) is 17.8 Å². The molecule has 0 spiro atoms. The van der Waals surface area contributed by atoms with E-state index in [1.165, 1.54) is 12.8 Å². The quantitative estimate of drug-likeness (QED) is 0.738. The van der Waals surface area contributed by atoms with Crippen molar-refractivity contribution in [2.75, 3.05) is 19.7 Å². The van der Waals surface area contributed by atoms with E-state index in [1.807, 2.05) is 41.3 Å². The highest BCUT2D eigenvalue weighted by Gasteiger charge is 2.27. The Labute approximate surface area is 163 Å². The van der Waals surface area contributed by atoms with Crippen LogP contribution in [-0.2, 0) is 0 Å². The monoisotopic (exact) mass is 377 g/mol. The zero-order chi connectivity index (χ0) is 18.9. The number of nitrogens with zero attached hydrogens (tertiary/aromatic N) is 4. The molecular formula is C21H23N5O2. The number of carbonyl (C=O) groups is 1. The van der Waals surface area contributed by atoms with E-state index in [2.05, 4.69) is 20.4 Å². The molecule has 2 fully saturated rings. The third kappa shape index (κ3) is 3.44. The highest BCUT2D eigenvalue weighted by molar-refractivity contribution is 6.04. The molecule has 3 heterocycles. The standard InChI is InChI=1S/C21H23N5O2/c27-21(20-16-3-1-2-4-18(16)23-25-20)26-11-9-14(10-12-26)13-28-19-8-7-17(22-24-19)15-5-6-15/h1-4,7-8,14-15H,5-6,9-13H2,(H,23,25). The summed E-state index contributed by atoms with van der Waals surface area (Å²) in [5.74, 6) is 1.61. The molecule has 0 bridgehead atoms. The maximum absolute atomic E-state index is 12.8. The lowest BCUT2D eigenvalue weighted by Crippen LogP contribution is -2.40. The highest BCUT2D eigenvalue weighted by atomic mass is 16.5. The molecule has 1 saturated carbocycles. The molecule has 5 rings (SSSR count). The summed E-state index contributed by atoms with van der Waals surface area (Å²) in [6.07, 6.45) is 4.28. The first-order valence-electron chi connectivity index (χ1n) is 9.97.